The summed E-state index contributed by atoms with van der Waals surface area (Å²) in [5.41, 5.74) is 15.4. The van der Waals surface area contributed by atoms with E-state index in [-0.39, 0.29) is 17.5 Å². The molecule has 0 aromatic heterocycles. The van der Waals surface area contributed by atoms with Gasteiger partial charge in [-0.1, -0.05) is 48.5 Å². The summed E-state index contributed by atoms with van der Waals surface area (Å²) in [6.45, 7) is 3.16. The number of nitrogens with two attached hydrogens (primary N) is 2. The van der Waals surface area contributed by atoms with Crippen molar-refractivity contribution >= 4 is 5.69 Å². The summed E-state index contributed by atoms with van der Waals surface area (Å²) in [5, 5.41) is 23.9. The van der Waals surface area contributed by atoms with Crippen molar-refractivity contribution in [2.75, 3.05) is 25.4 Å². The fourth-order valence-corrected chi connectivity index (χ4v) is 3.59. The van der Waals surface area contributed by atoms with Gasteiger partial charge in [-0.05, 0) is 36.2 Å². The second-order valence-corrected chi connectivity index (χ2v) is 7.80. The summed E-state index contributed by atoms with van der Waals surface area (Å²) in [6.07, 6.45) is 0.829. The van der Waals surface area contributed by atoms with Crippen molar-refractivity contribution in [3.63, 3.8) is 0 Å². The monoisotopic (exact) mass is 420 g/mol. The molecular formula is C25H32N4O2. The SMILES string of the molecule is NCC(Cc1ccc(N)cc1)NCCN(Cc1ccccc1O)Cc1ccccc1O. The quantitative estimate of drug-likeness (QED) is 0.305. The van der Waals surface area contributed by atoms with Crippen LogP contribution in [0.15, 0.2) is 72.8 Å². The molecule has 0 bridgehead atoms. The molecule has 0 radical (unpaired) electrons. The summed E-state index contributed by atoms with van der Waals surface area (Å²) in [6, 6.07) is 22.7. The van der Waals surface area contributed by atoms with Crippen molar-refractivity contribution in [2.45, 2.75) is 25.6 Å². The molecule has 0 amide bonds. The van der Waals surface area contributed by atoms with Crippen molar-refractivity contribution in [2.24, 2.45) is 5.73 Å². The number of nitrogens with zero attached hydrogens (tertiary/aromatic N) is 1. The van der Waals surface area contributed by atoms with Gasteiger partial charge in [-0.3, -0.25) is 4.90 Å². The van der Waals surface area contributed by atoms with Gasteiger partial charge < -0.3 is 27.0 Å². The molecule has 0 aliphatic rings. The number of phenols is 2. The Morgan fingerprint density at radius 1 is 0.806 bits per heavy atom. The van der Waals surface area contributed by atoms with Crippen LogP contribution >= 0.6 is 0 Å². The van der Waals surface area contributed by atoms with Crippen LogP contribution in [0.2, 0.25) is 0 Å². The van der Waals surface area contributed by atoms with Gasteiger partial charge in [0.25, 0.3) is 0 Å². The molecule has 0 fully saturated rings. The fraction of sp³-hybridized carbons (Fsp3) is 0.280. The molecule has 1 unspecified atom stereocenters. The minimum atomic E-state index is 0.153. The molecular weight excluding hydrogens is 388 g/mol. The molecule has 3 aromatic carbocycles. The first-order valence-electron chi connectivity index (χ1n) is 10.6. The predicted molar refractivity (Wildman–Crippen MR) is 126 cm³/mol. The first-order chi connectivity index (χ1) is 15.0. The molecule has 3 rings (SSSR count). The predicted octanol–water partition coefficient (Wildman–Crippen LogP) is 2.84. The summed E-state index contributed by atoms with van der Waals surface area (Å²) in [7, 11) is 0. The number of phenolic OH excluding ortho intramolecular Hbond substituents is 2. The number of nitrogen functional groups attached to an aromatic ring is 1. The van der Waals surface area contributed by atoms with Crippen LogP contribution in [-0.4, -0.2) is 40.8 Å². The van der Waals surface area contributed by atoms with Gasteiger partial charge in [0.15, 0.2) is 0 Å². The third kappa shape index (κ3) is 7.00. The highest BCUT2D eigenvalue weighted by molar-refractivity contribution is 5.39. The number of anilines is 1. The van der Waals surface area contributed by atoms with Crippen LogP contribution in [0, 0.1) is 0 Å². The van der Waals surface area contributed by atoms with Crippen molar-refractivity contribution in [3.8, 4) is 11.5 Å². The molecule has 0 aliphatic carbocycles. The van der Waals surface area contributed by atoms with E-state index >= 15 is 0 Å². The molecule has 0 aliphatic heterocycles. The molecule has 6 nitrogen and oxygen atoms in total. The van der Waals surface area contributed by atoms with E-state index < -0.39 is 0 Å². The van der Waals surface area contributed by atoms with Crippen molar-refractivity contribution in [3.05, 3.63) is 89.5 Å². The van der Waals surface area contributed by atoms with E-state index in [1.807, 2.05) is 60.7 Å². The van der Waals surface area contributed by atoms with Gasteiger partial charge in [0, 0.05) is 55.6 Å². The Balaban J connectivity index is 1.62. The molecule has 0 saturated heterocycles. The number of aromatic hydroxyl groups is 2. The van der Waals surface area contributed by atoms with Crippen LogP contribution in [-0.2, 0) is 19.5 Å². The number of hydrogen-bond acceptors (Lipinski definition) is 6. The van der Waals surface area contributed by atoms with Crippen molar-refractivity contribution in [1.29, 1.82) is 0 Å². The van der Waals surface area contributed by atoms with Crippen LogP contribution in [0.1, 0.15) is 16.7 Å². The van der Waals surface area contributed by atoms with Crippen LogP contribution in [0.25, 0.3) is 0 Å². The Bertz CT molecular complexity index is 899. The fourth-order valence-electron chi connectivity index (χ4n) is 3.59. The second-order valence-electron chi connectivity index (χ2n) is 7.80. The highest BCUT2D eigenvalue weighted by Crippen LogP contribution is 2.22. The number of benzene rings is 3. The lowest BCUT2D eigenvalue weighted by Crippen LogP contribution is -2.42. The molecule has 7 N–H and O–H groups in total. The van der Waals surface area contributed by atoms with Crippen LogP contribution in [0.3, 0.4) is 0 Å². The average Bonchev–Trinajstić information content (AvgIpc) is 2.77. The van der Waals surface area contributed by atoms with Gasteiger partial charge >= 0.3 is 0 Å². The Kier molecular flexibility index (Phi) is 8.29. The first-order valence-corrected chi connectivity index (χ1v) is 10.6. The maximum Gasteiger partial charge on any atom is 0.120 e. The summed E-state index contributed by atoms with van der Waals surface area (Å²) >= 11 is 0. The molecule has 0 spiro atoms. The molecule has 6 heteroatoms. The Morgan fingerprint density at radius 3 is 1.87 bits per heavy atom. The number of nitrogens with one attached hydrogen (secondary N) is 1. The first kappa shape index (κ1) is 22.6. The average molecular weight is 421 g/mol. The van der Waals surface area contributed by atoms with E-state index in [2.05, 4.69) is 10.2 Å². The standard InChI is InChI=1S/C25H32N4O2/c26-16-23(15-19-9-11-22(27)12-10-19)28-13-14-29(17-20-5-1-3-7-24(20)30)18-21-6-2-4-8-25(21)31/h1-12,23,28,30-31H,13-18,26-27H2. The van der Waals surface area contributed by atoms with E-state index in [1.165, 1.54) is 5.56 Å². The second kappa shape index (κ2) is 11.4. The number of para-hydroxylation sites is 2. The smallest absolute Gasteiger partial charge is 0.120 e. The molecule has 0 saturated carbocycles. The Hall–Kier alpha value is -3.06. The molecule has 3 aromatic rings. The maximum absolute atomic E-state index is 10.2. The molecule has 164 valence electrons. The van der Waals surface area contributed by atoms with Crippen molar-refractivity contribution in [1.82, 2.24) is 10.2 Å². The van der Waals surface area contributed by atoms with Gasteiger partial charge in [0.05, 0.1) is 0 Å². The topological polar surface area (TPSA) is 108 Å². The largest absolute Gasteiger partial charge is 0.508 e. The van der Waals surface area contributed by atoms with Crippen LogP contribution in [0.4, 0.5) is 5.69 Å². The van der Waals surface area contributed by atoms with Crippen LogP contribution < -0.4 is 16.8 Å². The number of rotatable bonds is 11. The van der Waals surface area contributed by atoms with Crippen molar-refractivity contribution < 1.29 is 10.2 Å². The molecule has 31 heavy (non-hydrogen) atoms. The highest BCUT2D eigenvalue weighted by Gasteiger charge is 2.13. The van der Waals surface area contributed by atoms with E-state index in [1.54, 1.807) is 12.1 Å². The minimum Gasteiger partial charge on any atom is -0.508 e. The normalized spacial score (nSPS) is 12.2. The van der Waals surface area contributed by atoms with Gasteiger partial charge in [0.1, 0.15) is 11.5 Å². The Labute approximate surface area is 184 Å². The lowest BCUT2D eigenvalue weighted by atomic mass is 10.1. The highest BCUT2D eigenvalue weighted by atomic mass is 16.3. The maximum atomic E-state index is 10.2. The lowest BCUT2D eigenvalue weighted by molar-refractivity contribution is 0.246. The summed E-state index contributed by atoms with van der Waals surface area (Å²) in [4.78, 5) is 2.20. The van der Waals surface area contributed by atoms with E-state index in [0.29, 0.717) is 19.6 Å². The van der Waals surface area contributed by atoms with Gasteiger partial charge in [0.2, 0.25) is 0 Å². The third-order valence-corrected chi connectivity index (χ3v) is 5.38. The zero-order chi connectivity index (χ0) is 22.1. The zero-order valence-corrected chi connectivity index (χ0v) is 17.7. The van der Waals surface area contributed by atoms with E-state index in [9.17, 15) is 10.2 Å². The summed E-state index contributed by atoms with van der Waals surface area (Å²) < 4.78 is 0. The van der Waals surface area contributed by atoms with Crippen LogP contribution in [0.5, 0.6) is 11.5 Å². The molecule has 0 heterocycles. The van der Waals surface area contributed by atoms with E-state index in [4.69, 9.17) is 11.5 Å². The zero-order valence-electron chi connectivity index (χ0n) is 17.7. The van der Waals surface area contributed by atoms with E-state index in [0.717, 1.165) is 36.3 Å². The van der Waals surface area contributed by atoms with Gasteiger partial charge in [-0.2, -0.15) is 0 Å². The number of hydrogen-bond donors (Lipinski definition) is 5. The minimum absolute atomic E-state index is 0.153. The summed E-state index contributed by atoms with van der Waals surface area (Å²) in [5.74, 6) is 0.557. The lowest BCUT2D eigenvalue weighted by Gasteiger charge is -2.25. The molecule has 1 atom stereocenters. The third-order valence-electron chi connectivity index (χ3n) is 5.38. The van der Waals surface area contributed by atoms with Gasteiger partial charge in [-0.15, -0.1) is 0 Å². The van der Waals surface area contributed by atoms with Gasteiger partial charge in [-0.25, -0.2) is 0 Å². The Morgan fingerprint density at radius 2 is 1.35 bits per heavy atom.